The molecule has 0 aliphatic heterocycles. The number of nitrogens with zero attached hydrogens (tertiary/aromatic N) is 3. The molecule has 19 heavy (non-hydrogen) atoms. The number of likely N-dealkylation sites (N-methyl/N-ethyl adjacent to an activating group) is 1. The van der Waals surface area contributed by atoms with E-state index in [4.69, 9.17) is 11.6 Å². The Hall–Kier alpha value is -1.07. The molecule has 6 heteroatoms. The summed E-state index contributed by atoms with van der Waals surface area (Å²) in [5.41, 5.74) is 0.395. The second kappa shape index (κ2) is 6.39. The Morgan fingerprint density at radius 2 is 2.26 bits per heavy atom. The highest BCUT2D eigenvalue weighted by Crippen LogP contribution is 2.26. The van der Waals surface area contributed by atoms with E-state index < -0.39 is 0 Å². The van der Waals surface area contributed by atoms with Crippen LogP contribution in [-0.4, -0.2) is 40.4 Å². The summed E-state index contributed by atoms with van der Waals surface area (Å²) in [5.74, 6) is 0. The van der Waals surface area contributed by atoms with Crippen molar-refractivity contribution in [3.8, 4) is 0 Å². The predicted octanol–water partition coefficient (Wildman–Crippen LogP) is 1.81. The molecule has 0 unspecified atom stereocenters. The van der Waals surface area contributed by atoms with Gasteiger partial charge in [0.15, 0.2) is 0 Å². The normalized spacial score (nSPS) is 14.9. The molecule has 0 atom stereocenters. The van der Waals surface area contributed by atoms with E-state index in [1.165, 1.54) is 17.5 Å². The van der Waals surface area contributed by atoms with Crippen LogP contribution >= 0.6 is 11.6 Å². The zero-order valence-electron chi connectivity index (χ0n) is 11.5. The first-order valence-electron chi connectivity index (χ1n) is 6.90. The Bertz CT molecular complexity index is 484. The fourth-order valence-electron chi connectivity index (χ4n) is 2.19. The number of aromatic nitrogens is 2. The summed E-state index contributed by atoms with van der Waals surface area (Å²) < 4.78 is 1.36. The maximum absolute atomic E-state index is 11.8. The molecule has 1 aliphatic rings. The summed E-state index contributed by atoms with van der Waals surface area (Å²) in [6.45, 7) is 7.39. The second-order valence-electron chi connectivity index (χ2n) is 4.78. The molecule has 1 fully saturated rings. The van der Waals surface area contributed by atoms with Gasteiger partial charge in [0.05, 0.1) is 11.9 Å². The lowest BCUT2D eigenvalue weighted by molar-refractivity contribution is 0.289. The summed E-state index contributed by atoms with van der Waals surface area (Å²) in [6.07, 6.45) is 4.24. The van der Waals surface area contributed by atoms with Gasteiger partial charge in [-0.2, -0.15) is 5.10 Å². The van der Waals surface area contributed by atoms with Gasteiger partial charge in [-0.15, -0.1) is 0 Å². The zero-order valence-corrected chi connectivity index (χ0v) is 12.3. The Labute approximate surface area is 118 Å². The molecular formula is C13H21ClN4O. The van der Waals surface area contributed by atoms with Crippen molar-refractivity contribution in [3.63, 3.8) is 0 Å². The second-order valence-corrected chi connectivity index (χ2v) is 5.16. The van der Waals surface area contributed by atoms with E-state index in [9.17, 15) is 4.79 Å². The van der Waals surface area contributed by atoms with Gasteiger partial charge in [0.2, 0.25) is 0 Å². The molecule has 0 saturated heterocycles. The van der Waals surface area contributed by atoms with Crippen LogP contribution in [0.4, 0.5) is 5.69 Å². The van der Waals surface area contributed by atoms with Gasteiger partial charge in [0.1, 0.15) is 5.02 Å². The molecule has 0 bridgehead atoms. The number of nitrogens with one attached hydrogen (secondary N) is 1. The largest absolute Gasteiger partial charge is 0.381 e. The van der Waals surface area contributed by atoms with Crippen molar-refractivity contribution < 1.29 is 0 Å². The zero-order chi connectivity index (χ0) is 13.8. The smallest absolute Gasteiger partial charge is 0.287 e. The van der Waals surface area contributed by atoms with Crippen molar-refractivity contribution in [2.75, 3.05) is 25.0 Å². The Morgan fingerprint density at radius 1 is 1.53 bits per heavy atom. The molecule has 1 N–H and O–H groups in total. The average Bonchev–Trinajstić information content (AvgIpc) is 3.24. The first kappa shape index (κ1) is 14.3. The van der Waals surface area contributed by atoms with Crippen molar-refractivity contribution in [1.29, 1.82) is 0 Å². The summed E-state index contributed by atoms with van der Waals surface area (Å²) in [6, 6.07) is 0.758. The van der Waals surface area contributed by atoms with Gasteiger partial charge in [-0.05, 0) is 26.3 Å². The molecule has 106 valence electrons. The third-order valence-electron chi connectivity index (χ3n) is 3.47. The standard InChI is InChI=1S/C13H21ClN4O/c1-3-17(10-5-6-10)8-7-15-11-9-16-18(4-2)13(19)12(11)14/h9-10,15H,3-8H2,1-2H3. The van der Waals surface area contributed by atoms with Crippen LogP contribution in [0.2, 0.25) is 5.02 Å². The van der Waals surface area contributed by atoms with Gasteiger partial charge in [0.25, 0.3) is 5.56 Å². The average molecular weight is 285 g/mol. The predicted molar refractivity (Wildman–Crippen MR) is 77.9 cm³/mol. The monoisotopic (exact) mass is 284 g/mol. The van der Waals surface area contributed by atoms with Crippen molar-refractivity contribution in [1.82, 2.24) is 14.7 Å². The van der Waals surface area contributed by atoms with Gasteiger partial charge in [-0.3, -0.25) is 9.69 Å². The number of halogens is 1. The summed E-state index contributed by atoms with van der Waals surface area (Å²) in [5, 5.41) is 7.50. The molecule has 0 spiro atoms. The minimum absolute atomic E-state index is 0.228. The van der Waals surface area contributed by atoms with Crippen LogP contribution in [0, 0.1) is 0 Å². The topological polar surface area (TPSA) is 50.2 Å². The molecular weight excluding hydrogens is 264 g/mol. The quantitative estimate of drug-likeness (QED) is 0.830. The Balaban J connectivity index is 1.92. The Morgan fingerprint density at radius 3 is 2.84 bits per heavy atom. The van der Waals surface area contributed by atoms with E-state index in [1.807, 2.05) is 6.92 Å². The SMILES string of the molecule is CCN(CCNc1cnn(CC)c(=O)c1Cl)C1CC1. The van der Waals surface area contributed by atoms with Crippen LogP contribution in [0.25, 0.3) is 0 Å². The minimum Gasteiger partial charge on any atom is -0.381 e. The molecule has 1 heterocycles. The lowest BCUT2D eigenvalue weighted by Gasteiger charge is -2.20. The molecule has 0 amide bonds. The molecule has 5 nitrogen and oxygen atoms in total. The van der Waals surface area contributed by atoms with Gasteiger partial charge >= 0.3 is 0 Å². The number of hydrogen-bond acceptors (Lipinski definition) is 4. The van der Waals surface area contributed by atoms with Crippen LogP contribution in [0.1, 0.15) is 26.7 Å². The van der Waals surface area contributed by atoms with Crippen LogP contribution < -0.4 is 10.9 Å². The third-order valence-corrected chi connectivity index (χ3v) is 3.83. The first-order valence-corrected chi connectivity index (χ1v) is 7.28. The fraction of sp³-hybridized carbons (Fsp3) is 0.692. The van der Waals surface area contributed by atoms with Gasteiger partial charge < -0.3 is 5.32 Å². The number of hydrogen-bond donors (Lipinski definition) is 1. The molecule has 2 rings (SSSR count). The summed E-state index contributed by atoms with van der Waals surface area (Å²) in [4.78, 5) is 14.3. The van der Waals surface area contributed by atoms with Crippen LogP contribution in [0.5, 0.6) is 0 Å². The summed E-state index contributed by atoms with van der Waals surface area (Å²) in [7, 11) is 0. The molecule has 1 aromatic rings. The van der Waals surface area contributed by atoms with Gasteiger partial charge in [-0.1, -0.05) is 18.5 Å². The lowest BCUT2D eigenvalue weighted by Crippen LogP contribution is -2.31. The van der Waals surface area contributed by atoms with E-state index in [1.54, 1.807) is 6.20 Å². The van der Waals surface area contributed by atoms with Crippen LogP contribution in [0.3, 0.4) is 0 Å². The van der Waals surface area contributed by atoms with E-state index in [-0.39, 0.29) is 10.6 Å². The minimum atomic E-state index is -0.233. The molecule has 0 radical (unpaired) electrons. The van der Waals surface area contributed by atoms with E-state index in [2.05, 4.69) is 22.2 Å². The van der Waals surface area contributed by atoms with E-state index in [0.717, 1.165) is 25.7 Å². The van der Waals surface area contributed by atoms with Crippen LogP contribution in [-0.2, 0) is 6.54 Å². The van der Waals surface area contributed by atoms with Crippen molar-refractivity contribution in [3.05, 3.63) is 21.6 Å². The highest BCUT2D eigenvalue weighted by Gasteiger charge is 2.27. The molecule has 1 saturated carbocycles. The highest BCUT2D eigenvalue weighted by atomic mass is 35.5. The van der Waals surface area contributed by atoms with Crippen LogP contribution in [0.15, 0.2) is 11.0 Å². The van der Waals surface area contributed by atoms with Crippen molar-refractivity contribution >= 4 is 17.3 Å². The fourth-order valence-corrected chi connectivity index (χ4v) is 2.40. The molecule has 1 aliphatic carbocycles. The van der Waals surface area contributed by atoms with E-state index in [0.29, 0.717) is 12.2 Å². The van der Waals surface area contributed by atoms with E-state index >= 15 is 0 Å². The number of aryl methyl sites for hydroxylation is 1. The number of anilines is 1. The van der Waals surface area contributed by atoms with Crippen molar-refractivity contribution in [2.24, 2.45) is 0 Å². The van der Waals surface area contributed by atoms with Gasteiger partial charge in [-0.25, -0.2) is 4.68 Å². The third kappa shape index (κ3) is 3.48. The number of rotatable bonds is 7. The maximum atomic E-state index is 11.8. The molecule has 1 aromatic heterocycles. The Kier molecular flexibility index (Phi) is 4.82. The summed E-state index contributed by atoms with van der Waals surface area (Å²) >= 11 is 6.05. The molecule has 0 aromatic carbocycles. The highest BCUT2D eigenvalue weighted by molar-refractivity contribution is 6.32. The van der Waals surface area contributed by atoms with Crippen molar-refractivity contribution in [2.45, 2.75) is 39.3 Å². The lowest BCUT2D eigenvalue weighted by atomic mass is 10.4. The van der Waals surface area contributed by atoms with Gasteiger partial charge in [0, 0.05) is 25.7 Å². The maximum Gasteiger partial charge on any atom is 0.287 e. The first-order chi connectivity index (χ1) is 9.17.